The van der Waals surface area contributed by atoms with Gasteiger partial charge in [-0.2, -0.15) is 0 Å². The normalized spacial score (nSPS) is 19.7. The van der Waals surface area contributed by atoms with Crippen LogP contribution in [0.1, 0.15) is 71.1 Å². The van der Waals surface area contributed by atoms with Crippen molar-refractivity contribution in [2.24, 2.45) is 5.92 Å². The molecule has 0 radical (unpaired) electrons. The molecule has 0 atom stereocenters. The number of fused-ring (bicyclic) bond motifs is 2. The summed E-state index contributed by atoms with van der Waals surface area (Å²) in [6.45, 7) is 0. The summed E-state index contributed by atoms with van der Waals surface area (Å²) in [6, 6.07) is 8.09. The van der Waals surface area contributed by atoms with Crippen molar-refractivity contribution in [1.82, 2.24) is 14.9 Å². The number of halogens is 3. The fourth-order valence-electron chi connectivity index (χ4n) is 5.30. The first-order valence-electron chi connectivity index (χ1n) is 12.7. The van der Waals surface area contributed by atoms with Crippen LogP contribution in [0.25, 0.3) is 21.1 Å². The minimum atomic E-state index is -0.682. The quantitative estimate of drug-likeness (QED) is 0.254. The first-order valence-corrected chi connectivity index (χ1v) is 14.3. The molecule has 2 aliphatic rings. The Morgan fingerprint density at radius 2 is 1.84 bits per heavy atom. The second kappa shape index (κ2) is 10.1. The van der Waals surface area contributed by atoms with Crippen molar-refractivity contribution in [3.05, 3.63) is 73.2 Å². The number of hydrogen-bond acceptors (Lipinski definition) is 5. The van der Waals surface area contributed by atoms with Gasteiger partial charge in [0.15, 0.2) is 10.8 Å². The Hall–Kier alpha value is -2.81. The molecule has 6 nitrogen and oxygen atoms in total. The molecule has 0 bridgehead atoms. The number of Topliss-reactive ketones (excluding diaryl/α,β-unsaturated/α-hetero) is 1. The van der Waals surface area contributed by atoms with E-state index in [1.165, 1.54) is 17.4 Å². The van der Waals surface area contributed by atoms with E-state index in [0.717, 1.165) is 42.0 Å². The van der Waals surface area contributed by atoms with Crippen molar-refractivity contribution in [2.75, 3.05) is 0 Å². The summed E-state index contributed by atoms with van der Waals surface area (Å²) in [5.74, 6) is -0.890. The van der Waals surface area contributed by atoms with Crippen molar-refractivity contribution >= 4 is 67.3 Å². The van der Waals surface area contributed by atoms with Crippen molar-refractivity contribution in [3.8, 4) is 0 Å². The van der Waals surface area contributed by atoms with Gasteiger partial charge in [0.25, 0.3) is 5.91 Å². The molecule has 2 saturated carbocycles. The van der Waals surface area contributed by atoms with E-state index in [2.05, 4.69) is 10.3 Å². The Bertz CT molecular complexity index is 1650. The highest BCUT2D eigenvalue weighted by Gasteiger charge is 2.29. The highest BCUT2D eigenvalue weighted by Crippen LogP contribution is 2.38. The van der Waals surface area contributed by atoms with Gasteiger partial charge >= 0.3 is 0 Å². The van der Waals surface area contributed by atoms with E-state index in [-0.39, 0.29) is 39.8 Å². The first-order chi connectivity index (χ1) is 18.3. The molecule has 2 aromatic heterocycles. The maximum Gasteiger partial charge on any atom is 0.256 e. The minimum absolute atomic E-state index is 0.0133. The van der Waals surface area contributed by atoms with Gasteiger partial charge < -0.3 is 9.88 Å². The van der Waals surface area contributed by atoms with Gasteiger partial charge in [-0.3, -0.25) is 14.4 Å². The van der Waals surface area contributed by atoms with Gasteiger partial charge in [-0.25, -0.2) is 9.37 Å². The molecule has 4 aromatic rings. The van der Waals surface area contributed by atoms with Crippen molar-refractivity contribution < 1.29 is 14.0 Å². The van der Waals surface area contributed by atoms with E-state index in [1.807, 2.05) is 10.6 Å². The summed E-state index contributed by atoms with van der Waals surface area (Å²) in [6.07, 6.45) is 6.88. The molecule has 1 amide bonds. The number of thiazole rings is 1. The molecule has 6 rings (SSSR count). The third-order valence-corrected chi connectivity index (χ3v) is 9.11. The average Bonchev–Trinajstić information content (AvgIpc) is 3.64. The van der Waals surface area contributed by atoms with E-state index in [9.17, 15) is 18.8 Å². The van der Waals surface area contributed by atoms with Gasteiger partial charge in [-0.1, -0.05) is 23.2 Å². The van der Waals surface area contributed by atoms with Crippen molar-refractivity contribution in [2.45, 2.75) is 57.0 Å². The van der Waals surface area contributed by atoms with E-state index in [0.29, 0.717) is 34.8 Å². The maximum absolute atomic E-state index is 14.2. The number of aromatic nitrogens is 2. The van der Waals surface area contributed by atoms with Crippen molar-refractivity contribution in [1.29, 1.82) is 0 Å². The average molecular weight is 572 g/mol. The zero-order valence-electron chi connectivity index (χ0n) is 20.3. The number of nitrogens with one attached hydrogen (secondary N) is 1. The molecular weight excluding hydrogens is 548 g/mol. The largest absolute Gasteiger partial charge is 0.349 e. The van der Waals surface area contributed by atoms with Crippen LogP contribution < -0.4 is 10.7 Å². The number of rotatable bonds is 6. The van der Waals surface area contributed by atoms with Crippen LogP contribution in [0.2, 0.25) is 10.0 Å². The lowest BCUT2D eigenvalue weighted by Gasteiger charge is -2.28. The summed E-state index contributed by atoms with van der Waals surface area (Å²) in [4.78, 5) is 43.6. The Morgan fingerprint density at radius 1 is 1.08 bits per heavy atom. The lowest BCUT2D eigenvalue weighted by molar-refractivity contribution is 0.0896. The summed E-state index contributed by atoms with van der Waals surface area (Å²) in [5.41, 5.74) is 0.792. The highest BCUT2D eigenvalue weighted by atomic mass is 35.5. The van der Waals surface area contributed by atoms with E-state index in [4.69, 9.17) is 23.2 Å². The third-order valence-electron chi connectivity index (χ3n) is 7.50. The molecule has 0 spiro atoms. The second-order valence-corrected chi connectivity index (χ2v) is 12.1. The molecule has 38 heavy (non-hydrogen) atoms. The number of hydrogen-bond donors (Lipinski definition) is 1. The molecule has 2 heterocycles. The second-order valence-electron chi connectivity index (χ2n) is 10.2. The standard InChI is InChI=1S/C28H24Cl2FN3O3S/c29-15-3-8-25-22(10-15)33-28(38-25)24(35)9-14-1-4-16(5-2-14)32-27(37)19-13-34(17-6-7-17)23-12-20(30)21(31)11-18(23)26(19)36/h3,8,10-14,16-17H,1-2,4-7,9H2,(H,32,37). The predicted molar refractivity (Wildman–Crippen MR) is 148 cm³/mol. The van der Waals surface area contributed by atoms with Gasteiger partial charge in [0.05, 0.1) is 20.8 Å². The molecule has 196 valence electrons. The van der Waals surface area contributed by atoms with Crippen LogP contribution in [-0.4, -0.2) is 27.3 Å². The predicted octanol–water partition coefficient (Wildman–Crippen LogP) is 6.95. The summed E-state index contributed by atoms with van der Waals surface area (Å²) >= 11 is 13.4. The topological polar surface area (TPSA) is 81.1 Å². The van der Waals surface area contributed by atoms with E-state index in [1.54, 1.807) is 18.3 Å². The van der Waals surface area contributed by atoms with Crippen LogP contribution in [0.5, 0.6) is 0 Å². The number of pyridine rings is 1. The number of amides is 1. The molecule has 1 N–H and O–H groups in total. The van der Waals surface area contributed by atoms with Crippen LogP contribution in [0.4, 0.5) is 4.39 Å². The van der Waals surface area contributed by atoms with E-state index >= 15 is 0 Å². The maximum atomic E-state index is 14.2. The Labute approximate surface area is 231 Å². The molecule has 10 heteroatoms. The van der Waals surface area contributed by atoms with Crippen molar-refractivity contribution in [3.63, 3.8) is 0 Å². The fraction of sp³-hybridized carbons (Fsp3) is 0.357. The van der Waals surface area contributed by atoms with Crippen LogP contribution in [0, 0.1) is 11.7 Å². The number of ketones is 1. The summed E-state index contributed by atoms with van der Waals surface area (Å²) < 4.78 is 17.0. The highest BCUT2D eigenvalue weighted by molar-refractivity contribution is 7.20. The SMILES string of the molecule is O=C(CC1CCC(NC(=O)c2cn(C3CC3)c3cc(Cl)c(F)cc3c2=O)CC1)c1nc2cc(Cl)ccc2s1. The van der Waals surface area contributed by atoms with Crippen LogP contribution in [0.3, 0.4) is 0 Å². The molecule has 2 aromatic carbocycles. The Balaban J connectivity index is 1.12. The van der Waals surface area contributed by atoms with Gasteiger partial charge in [-0.05, 0) is 74.8 Å². The zero-order valence-corrected chi connectivity index (χ0v) is 22.6. The lowest BCUT2D eigenvalue weighted by atomic mass is 9.83. The number of carbonyl (C=O) groups excluding carboxylic acids is 2. The molecule has 2 aliphatic carbocycles. The minimum Gasteiger partial charge on any atom is -0.349 e. The lowest BCUT2D eigenvalue weighted by Crippen LogP contribution is -2.40. The number of benzene rings is 2. The smallest absolute Gasteiger partial charge is 0.256 e. The van der Waals surface area contributed by atoms with Crippen LogP contribution in [-0.2, 0) is 0 Å². The molecule has 0 aliphatic heterocycles. The van der Waals surface area contributed by atoms with E-state index < -0.39 is 17.2 Å². The molecule has 0 unspecified atom stereocenters. The Kier molecular flexibility index (Phi) is 6.74. The third kappa shape index (κ3) is 4.97. The monoisotopic (exact) mass is 571 g/mol. The summed E-state index contributed by atoms with van der Waals surface area (Å²) in [5, 5.41) is 4.20. The summed E-state index contributed by atoms with van der Waals surface area (Å²) in [7, 11) is 0. The molecule has 2 fully saturated rings. The molecular formula is C28H24Cl2FN3O3S. The van der Waals surface area contributed by atoms with Gasteiger partial charge in [-0.15, -0.1) is 11.3 Å². The fourth-order valence-corrected chi connectivity index (χ4v) is 6.52. The first kappa shape index (κ1) is 25.5. The van der Waals surface area contributed by atoms with Crippen LogP contribution in [0.15, 0.2) is 41.3 Å². The molecule has 0 saturated heterocycles. The van der Waals surface area contributed by atoms with Gasteiger partial charge in [0, 0.05) is 35.1 Å². The van der Waals surface area contributed by atoms with Gasteiger partial charge in [0.1, 0.15) is 11.4 Å². The number of carbonyl (C=O) groups is 2. The number of nitrogens with zero attached hydrogens (tertiary/aromatic N) is 2. The van der Waals surface area contributed by atoms with Crippen LogP contribution >= 0.6 is 34.5 Å². The Morgan fingerprint density at radius 3 is 2.58 bits per heavy atom. The van der Waals surface area contributed by atoms with Gasteiger partial charge in [0.2, 0.25) is 5.43 Å². The zero-order chi connectivity index (χ0) is 26.6.